The summed E-state index contributed by atoms with van der Waals surface area (Å²) in [5.74, 6) is -0.264. The van der Waals surface area contributed by atoms with Gasteiger partial charge in [0.1, 0.15) is 6.61 Å². The Kier molecular flexibility index (Phi) is 9.26. The number of rotatable bonds is 2. The molecule has 2 nitrogen and oxygen atoms in total. The van der Waals surface area contributed by atoms with Crippen LogP contribution in [0.4, 0.5) is 0 Å². The van der Waals surface area contributed by atoms with Gasteiger partial charge in [-0.15, -0.1) is 0 Å². The van der Waals surface area contributed by atoms with Gasteiger partial charge in [0.2, 0.25) is 0 Å². The fourth-order valence-corrected chi connectivity index (χ4v) is 0.176. The van der Waals surface area contributed by atoms with Crippen molar-refractivity contribution in [3.05, 3.63) is 12.7 Å². The third kappa shape index (κ3) is 9.30. The molecule has 50 valence electrons. The first-order valence-electron chi connectivity index (χ1n) is 2.01. The van der Waals surface area contributed by atoms with Crippen molar-refractivity contribution in [1.29, 1.82) is 0 Å². The zero-order valence-corrected chi connectivity index (χ0v) is 6.18. The zero-order valence-electron chi connectivity index (χ0n) is 4.62. The molecule has 8 heavy (non-hydrogen) atoms. The number of hydrogen-bond donors (Lipinski definition) is 0. The monoisotopic (exact) mass is 206 g/mol. The SMILES string of the molecule is C=CCOC(C)=O.[Pd]. The van der Waals surface area contributed by atoms with E-state index in [0.29, 0.717) is 6.61 Å². The molecule has 0 radical (unpaired) electrons. The molecule has 0 fully saturated rings. The summed E-state index contributed by atoms with van der Waals surface area (Å²) in [7, 11) is 0. The second-order valence-corrected chi connectivity index (χ2v) is 1.09. The van der Waals surface area contributed by atoms with Crippen LogP contribution in [0.15, 0.2) is 12.7 Å². The van der Waals surface area contributed by atoms with Crippen LogP contribution in [0, 0.1) is 0 Å². The molecule has 0 heterocycles. The van der Waals surface area contributed by atoms with E-state index in [9.17, 15) is 4.79 Å². The minimum absolute atomic E-state index is 0. The Labute approximate surface area is 62.6 Å². The van der Waals surface area contributed by atoms with Gasteiger partial charge in [-0.25, -0.2) is 0 Å². The normalized spacial score (nSPS) is 6.62. The smallest absolute Gasteiger partial charge is 0.302 e. The molecule has 0 aliphatic rings. The molecule has 0 N–H and O–H groups in total. The maximum atomic E-state index is 9.93. The van der Waals surface area contributed by atoms with Crippen molar-refractivity contribution in [3.63, 3.8) is 0 Å². The van der Waals surface area contributed by atoms with E-state index < -0.39 is 0 Å². The summed E-state index contributed by atoms with van der Waals surface area (Å²) in [5.41, 5.74) is 0. The fraction of sp³-hybridized carbons (Fsp3) is 0.400. The van der Waals surface area contributed by atoms with Crippen LogP contribution in [0.5, 0.6) is 0 Å². The van der Waals surface area contributed by atoms with Gasteiger partial charge < -0.3 is 4.74 Å². The van der Waals surface area contributed by atoms with E-state index in [1.54, 1.807) is 0 Å². The number of ether oxygens (including phenoxy) is 1. The number of esters is 1. The maximum Gasteiger partial charge on any atom is 0.302 e. The van der Waals surface area contributed by atoms with Gasteiger partial charge in [0.25, 0.3) is 0 Å². The Morgan fingerprint density at radius 1 is 1.88 bits per heavy atom. The Hall–Kier alpha value is -0.128. The Morgan fingerprint density at radius 3 is 2.50 bits per heavy atom. The summed E-state index contributed by atoms with van der Waals surface area (Å²) < 4.78 is 4.43. The van der Waals surface area contributed by atoms with Gasteiger partial charge in [-0.3, -0.25) is 4.79 Å². The van der Waals surface area contributed by atoms with E-state index in [1.807, 2.05) is 0 Å². The molecule has 0 aromatic rings. The second kappa shape index (κ2) is 6.87. The Bertz CT molecular complexity index is 80.5. The van der Waals surface area contributed by atoms with Crippen LogP contribution in [0.25, 0.3) is 0 Å². The van der Waals surface area contributed by atoms with E-state index in [-0.39, 0.29) is 26.4 Å². The fourth-order valence-electron chi connectivity index (χ4n) is 0.176. The van der Waals surface area contributed by atoms with Crippen LogP contribution in [-0.2, 0) is 30.0 Å². The van der Waals surface area contributed by atoms with E-state index in [2.05, 4.69) is 11.3 Å². The average Bonchev–Trinajstić information content (AvgIpc) is 1.61. The summed E-state index contributed by atoms with van der Waals surface area (Å²) in [4.78, 5) is 9.93. The number of hydrogen-bond acceptors (Lipinski definition) is 2. The van der Waals surface area contributed by atoms with Gasteiger partial charge in [0, 0.05) is 27.3 Å². The molecule has 3 heteroatoms. The van der Waals surface area contributed by atoms with Crippen LogP contribution < -0.4 is 0 Å². The van der Waals surface area contributed by atoms with Crippen molar-refractivity contribution in [2.24, 2.45) is 0 Å². The summed E-state index contributed by atoms with van der Waals surface area (Å²) in [6.07, 6.45) is 1.53. The molecule has 0 aromatic carbocycles. The summed E-state index contributed by atoms with van der Waals surface area (Å²) in [5, 5.41) is 0. The number of carbonyl (C=O) groups is 1. The van der Waals surface area contributed by atoms with Crippen LogP contribution in [-0.4, -0.2) is 12.6 Å². The largest absolute Gasteiger partial charge is 0.462 e. The van der Waals surface area contributed by atoms with Crippen LogP contribution in [0.1, 0.15) is 6.92 Å². The molecular weight excluding hydrogens is 198 g/mol. The molecule has 0 bridgehead atoms. The minimum atomic E-state index is -0.264. The van der Waals surface area contributed by atoms with Crippen LogP contribution in [0.3, 0.4) is 0 Å². The third-order valence-electron chi connectivity index (χ3n) is 0.404. The number of carbonyl (C=O) groups excluding carboxylic acids is 1. The molecule has 0 aliphatic carbocycles. The predicted molar refractivity (Wildman–Crippen MR) is 26.8 cm³/mol. The third-order valence-corrected chi connectivity index (χ3v) is 0.404. The van der Waals surface area contributed by atoms with Crippen molar-refractivity contribution in [2.75, 3.05) is 6.61 Å². The van der Waals surface area contributed by atoms with E-state index in [4.69, 9.17) is 0 Å². The van der Waals surface area contributed by atoms with E-state index in [1.165, 1.54) is 13.0 Å². The van der Waals surface area contributed by atoms with Gasteiger partial charge in [-0.2, -0.15) is 0 Å². The molecular formula is C5H8O2Pd. The van der Waals surface area contributed by atoms with Crippen molar-refractivity contribution in [2.45, 2.75) is 6.92 Å². The minimum Gasteiger partial charge on any atom is -0.462 e. The van der Waals surface area contributed by atoms with Crippen LogP contribution in [0.2, 0.25) is 0 Å². The molecule has 0 saturated heterocycles. The first-order valence-corrected chi connectivity index (χ1v) is 2.01. The van der Waals surface area contributed by atoms with Gasteiger partial charge >= 0.3 is 5.97 Å². The molecule has 0 unspecified atom stereocenters. The van der Waals surface area contributed by atoms with Crippen molar-refractivity contribution in [3.8, 4) is 0 Å². The molecule has 0 aliphatic heterocycles. The van der Waals surface area contributed by atoms with Gasteiger partial charge in [0.15, 0.2) is 0 Å². The molecule has 0 spiro atoms. The molecule has 0 rings (SSSR count). The first kappa shape index (κ1) is 10.8. The Morgan fingerprint density at radius 2 is 2.38 bits per heavy atom. The predicted octanol–water partition coefficient (Wildman–Crippen LogP) is 0.733. The second-order valence-electron chi connectivity index (χ2n) is 1.09. The summed E-state index contributed by atoms with van der Waals surface area (Å²) >= 11 is 0. The maximum absolute atomic E-state index is 9.93. The Balaban J connectivity index is 0. The van der Waals surface area contributed by atoms with E-state index in [0.717, 1.165) is 0 Å². The summed E-state index contributed by atoms with van der Waals surface area (Å²) in [6.45, 7) is 5.03. The quantitative estimate of drug-likeness (QED) is 0.378. The van der Waals surface area contributed by atoms with Gasteiger partial charge in [-0.1, -0.05) is 12.7 Å². The topological polar surface area (TPSA) is 26.3 Å². The average molecular weight is 207 g/mol. The molecule has 0 saturated carbocycles. The molecule has 0 atom stereocenters. The molecule has 0 amide bonds. The molecule has 0 aromatic heterocycles. The van der Waals surface area contributed by atoms with Gasteiger partial charge in [0.05, 0.1) is 0 Å². The van der Waals surface area contributed by atoms with Crippen LogP contribution >= 0.6 is 0 Å². The zero-order chi connectivity index (χ0) is 5.70. The summed E-state index contributed by atoms with van der Waals surface area (Å²) in [6, 6.07) is 0. The van der Waals surface area contributed by atoms with Gasteiger partial charge in [-0.05, 0) is 0 Å². The van der Waals surface area contributed by atoms with Crippen molar-refractivity contribution < 1.29 is 30.0 Å². The van der Waals surface area contributed by atoms with Crippen molar-refractivity contribution >= 4 is 5.97 Å². The van der Waals surface area contributed by atoms with Crippen molar-refractivity contribution in [1.82, 2.24) is 0 Å². The van der Waals surface area contributed by atoms with E-state index >= 15 is 0 Å². The first-order chi connectivity index (χ1) is 3.27. The standard InChI is InChI=1S/C5H8O2.Pd/c1-3-4-7-5(2)6;/h3H,1,4H2,2H3;.